The van der Waals surface area contributed by atoms with Crippen molar-refractivity contribution in [2.24, 2.45) is 0 Å². The molecular formula is C7H12N2O. The number of nitrogens with one attached hydrogen (secondary N) is 1. The molecule has 0 amide bonds. The molecule has 1 aromatic rings. The van der Waals surface area contributed by atoms with Crippen LogP contribution in [0, 0.1) is 6.92 Å². The average molecular weight is 140 g/mol. The van der Waals surface area contributed by atoms with E-state index in [1.165, 1.54) is 5.56 Å². The number of H-pyrrole nitrogens is 1. The van der Waals surface area contributed by atoms with Gasteiger partial charge in [-0.25, -0.2) is 0 Å². The first-order valence-electron chi connectivity index (χ1n) is 3.32. The monoisotopic (exact) mass is 140 g/mol. The van der Waals surface area contributed by atoms with Gasteiger partial charge >= 0.3 is 0 Å². The number of nitrogens with zero attached hydrogens (tertiary/aromatic N) is 1. The number of hydrogen-bond donors (Lipinski definition) is 1. The van der Waals surface area contributed by atoms with Gasteiger partial charge in [0.1, 0.15) is 0 Å². The molecule has 0 aromatic carbocycles. The number of aromatic amines is 1. The molecule has 3 nitrogen and oxygen atoms in total. The van der Waals surface area contributed by atoms with Crippen LogP contribution in [0.15, 0.2) is 6.20 Å². The lowest BCUT2D eigenvalue weighted by atomic mass is 10.2. The maximum atomic E-state index is 4.93. The third kappa shape index (κ3) is 1.57. The summed E-state index contributed by atoms with van der Waals surface area (Å²) < 4.78 is 4.93. The van der Waals surface area contributed by atoms with E-state index in [-0.39, 0.29) is 0 Å². The predicted octanol–water partition coefficient (Wildman–Crippen LogP) is 0.907. The fraction of sp³-hybridized carbons (Fsp3) is 0.571. The van der Waals surface area contributed by atoms with Crippen molar-refractivity contribution in [2.75, 3.05) is 13.7 Å². The molecular weight excluding hydrogens is 128 g/mol. The van der Waals surface area contributed by atoms with Crippen LogP contribution in [-0.4, -0.2) is 23.9 Å². The van der Waals surface area contributed by atoms with Crippen molar-refractivity contribution in [1.82, 2.24) is 10.2 Å². The van der Waals surface area contributed by atoms with Crippen LogP contribution in [-0.2, 0) is 11.2 Å². The Balaban J connectivity index is 2.49. The molecule has 0 unspecified atom stereocenters. The van der Waals surface area contributed by atoms with Crippen LogP contribution in [0.1, 0.15) is 11.3 Å². The van der Waals surface area contributed by atoms with Gasteiger partial charge in [0.05, 0.1) is 12.8 Å². The van der Waals surface area contributed by atoms with Gasteiger partial charge < -0.3 is 4.74 Å². The van der Waals surface area contributed by atoms with Crippen LogP contribution >= 0.6 is 0 Å². The Bertz CT molecular complexity index is 195. The van der Waals surface area contributed by atoms with Crippen molar-refractivity contribution in [3.05, 3.63) is 17.5 Å². The molecule has 0 bridgehead atoms. The molecule has 1 aromatic heterocycles. The Hall–Kier alpha value is -0.830. The molecule has 10 heavy (non-hydrogen) atoms. The van der Waals surface area contributed by atoms with Crippen LogP contribution in [0.3, 0.4) is 0 Å². The largest absolute Gasteiger partial charge is 0.384 e. The third-order valence-electron chi connectivity index (χ3n) is 1.51. The Morgan fingerprint density at radius 1 is 1.70 bits per heavy atom. The molecule has 0 spiro atoms. The topological polar surface area (TPSA) is 37.9 Å². The van der Waals surface area contributed by atoms with Gasteiger partial charge in [0.15, 0.2) is 0 Å². The third-order valence-corrected chi connectivity index (χ3v) is 1.51. The van der Waals surface area contributed by atoms with E-state index >= 15 is 0 Å². The predicted molar refractivity (Wildman–Crippen MR) is 38.9 cm³/mol. The van der Waals surface area contributed by atoms with Gasteiger partial charge in [-0.05, 0) is 18.9 Å². The zero-order valence-corrected chi connectivity index (χ0v) is 6.35. The lowest BCUT2D eigenvalue weighted by molar-refractivity contribution is 0.202. The zero-order chi connectivity index (χ0) is 7.40. The summed E-state index contributed by atoms with van der Waals surface area (Å²) in [5.74, 6) is 0. The molecule has 1 rings (SSSR count). The molecule has 0 saturated carbocycles. The van der Waals surface area contributed by atoms with E-state index in [4.69, 9.17) is 4.74 Å². The number of rotatable bonds is 3. The van der Waals surface area contributed by atoms with Crippen LogP contribution in [0.2, 0.25) is 0 Å². The minimum absolute atomic E-state index is 0.764. The first kappa shape index (κ1) is 7.28. The van der Waals surface area contributed by atoms with E-state index in [1.54, 1.807) is 7.11 Å². The highest BCUT2D eigenvalue weighted by atomic mass is 16.5. The molecule has 1 heterocycles. The summed E-state index contributed by atoms with van der Waals surface area (Å²) in [5.41, 5.74) is 2.37. The standard InChI is InChI=1S/C7H12N2O/c1-6-7(3-4-10-2)5-8-9-6/h5H,3-4H2,1-2H3,(H,8,9). The molecule has 0 atom stereocenters. The summed E-state index contributed by atoms with van der Waals surface area (Å²) in [4.78, 5) is 0. The maximum Gasteiger partial charge on any atom is 0.0522 e. The second kappa shape index (κ2) is 3.37. The highest BCUT2D eigenvalue weighted by molar-refractivity contribution is 5.14. The molecule has 56 valence electrons. The van der Waals surface area contributed by atoms with Gasteiger partial charge in [-0.15, -0.1) is 0 Å². The van der Waals surface area contributed by atoms with Crippen molar-refractivity contribution < 1.29 is 4.74 Å². The van der Waals surface area contributed by atoms with Crippen molar-refractivity contribution in [3.8, 4) is 0 Å². The summed E-state index contributed by atoms with van der Waals surface area (Å²) in [5, 5.41) is 6.77. The van der Waals surface area contributed by atoms with Crippen molar-refractivity contribution >= 4 is 0 Å². The first-order valence-corrected chi connectivity index (χ1v) is 3.32. The first-order chi connectivity index (χ1) is 4.84. The maximum absolute atomic E-state index is 4.93. The Morgan fingerprint density at radius 2 is 2.50 bits per heavy atom. The number of ether oxygens (including phenoxy) is 1. The smallest absolute Gasteiger partial charge is 0.0522 e. The molecule has 1 N–H and O–H groups in total. The SMILES string of the molecule is COCCc1cn[nH]c1C. The van der Waals surface area contributed by atoms with Crippen LogP contribution in [0.5, 0.6) is 0 Å². The van der Waals surface area contributed by atoms with E-state index in [0.29, 0.717) is 0 Å². The summed E-state index contributed by atoms with van der Waals surface area (Å²) in [7, 11) is 1.70. The lowest BCUT2D eigenvalue weighted by Gasteiger charge is -1.95. The second-order valence-corrected chi connectivity index (χ2v) is 2.26. The normalized spacial score (nSPS) is 10.2. The van der Waals surface area contributed by atoms with Crippen LogP contribution in [0.4, 0.5) is 0 Å². The van der Waals surface area contributed by atoms with Gasteiger partial charge in [-0.1, -0.05) is 0 Å². The fourth-order valence-corrected chi connectivity index (χ4v) is 0.840. The Morgan fingerprint density at radius 3 is 3.00 bits per heavy atom. The molecule has 0 aliphatic rings. The van der Waals surface area contributed by atoms with E-state index in [0.717, 1.165) is 18.7 Å². The van der Waals surface area contributed by atoms with Gasteiger partial charge in [0.2, 0.25) is 0 Å². The van der Waals surface area contributed by atoms with Gasteiger partial charge in [-0.2, -0.15) is 5.10 Å². The molecule has 0 aliphatic heterocycles. The highest BCUT2D eigenvalue weighted by Gasteiger charge is 1.97. The number of hydrogen-bond acceptors (Lipinski definition) is 2. The highest BCUT2D eigenvalue weighted by Crippen LogP contribution is 2.02. The number of aromatic nitrogens is 2. The Kier molecular flexibility index (Phi) is 2.45. The van der Waals surface area contributed by atoms with E-state index in [9.17, 15) is 0 Å². The molecule has 0 aliphatic carbocycles. The van der Waals surface area contributed by atoms with Crippen LogP contribution < -0.4 is 0 Å². The Labute approximate surface area is 60.4 Å². The van der Waals surface area contributed by atoms with Crippen molar-refractivity contribution in [1.29, 1.82) is 0 Å². The van der Waals surface area contributed by atoms with Crippen molar-refractivity contribution in [3.63, 3.8) is 0 Å². The van der Waals surface area contributed by atoms with E-state index < -0.39 is 0 Å². The summed E-state index contributed by atoms with van der Waals surface area (Å²) in [6, 6.07) is 0. The van der Waals surface area contributed by atoms with E-state index in [1.807, 2.05) is 13.1 Å². The molecule has 0 fully saturated rings. The molecule has 0 saturated heterocycles. The lowest BCUT2D eigenvalue weighted by Crippen LogP contribution is -1.94. The molecule has 3 heteroatoms. The van der Waals surface area contributed by atoms with E-state index in [2.05, 4.69) is 10.2 Å². The average Bonchev–Trinajstić information content (AvgIpc) is 2.31. The molecule has 0 radical (unpaired) electrons. The van der Waals surface area contributed by atoms with Crippen molar-refractivity contribution in [2.45, 2.75) is 13.3 Å². The minimum atomic E-state index is 0.764. The fourth-order valence-electron chi connectivity index (χ4n) is 0.840. The number of methoxy groups -OCH3 is 1. The van der Waals surface area contributed by atoms with Gasteiger partial charge in [-0.3, -0.25) is 5.10 Å². The van der Waals surface area contributed by atoms with Gasteiger partial charge in [0, 0.05) is 12.8 Å². The quantitative estimate of drug-likeness (QED) is 0.677. The van der Waals surface area contributed by atoms with Gasteiger partial charge in [0.25, 0.3) is 0 Å². The summed E-state index contributed by atoms with van der Waals surface area (Å²) >= 11 is 0. The summed E-state index contributed by atoms with van der Waals surface area (Å²) in [6.07, 6.45) is 2.78. The second-order valence-electron chi connectivity index (χ2n) is 2.26. The number of aryl methyl sites for hydroxylation is 1. The minimum Gasteiger partial charge on any atom is -0.384 e. The van der Waals surface area contributed by atoms with Crippen LogP contribution in [0.25, 0.3) is 0 Å². The summed E-state index contributed by atoms with van der Waals surface area (Å²) in [6.45, 7) is 2.78. The zero-order valence-electron chi connectivity index (χ0n) is 6.35.